The lowest BCUT2D eigenvalue weighted by Gasteiger charge is -2.13. The van der Waals surface area contributed by atoms with Gasteiger partial charge in [0, 0.05) is 6.04 Å². The van der Waals surface area contributed by atoms with Crippen LogP contribution in [-0.2, 0) is 4.79 Å². The first-order valence-corrected chi connectivity index (χ1v) is 6.62. The zero-order valence-corrected chi connectivity index (χ0v) is 11.1. The molecule has 3 heteroatoms. The first kappa shape index (κ1) is 12.9. The fraction of sp³-hybridized carbons (Fsp3) is 0.533. The van der Waals surface area contributed by atoms with Crippen LogP contribution < -0.4 is 10.1 Å². The van der Waals surface area contributed by atoms with E-state index < -0.39 is 0 Å². The van der Waals surface area contributed by atoms with Crippen LogP contribution in [0.4, 0.5) is 0 Å². The molecule has 0 radical (unpaired) electrons. The van der Waals surface area contributed by atoms with Crippen molar-refractivity contribution in [2.75, 3.05) is 6.61 Å². The van der Waals surface area contributed by atoms with E-state index in [1.54, 1.807) is 0 Å². The molecule has 1 N–H and O–H groups in total. The smallest absolute Gasteiger partial charge is 0.258 e. The number of hydrogen-bond acceptors (Lipinski definition) is 2. The summed E-state index contributed by atoms with van der Waals surface area (Å²) in [6.07, 6.45) is 3.40. The zero-order valence-electron chi connectivity index (χ0n) is 11.1. The van der Waals surface area contributed by atoms with Crippen molar-refractivity contribution >= 4 is 5.91 Å². The van der Waals surface area contributed by atoms with Crippen molar-refractivity contribution in [3.8, 4) is 5.75 Å². The van der Waals surface area contributed by atoms with Gasteiger partial charge in [0.2, 0.25) is 0 Å². The Hall–Kier alpha value is -1.51. The Morgan fingerprint density at radius 1 is 1.33 bits per heavy atom. The highest BCUT2D eigenvalue weighted by Gasteiger charge is 2.22. The summed E-state index contributed by atoms with van der Waals surface area (Å²) < 4.78 is 5.45. The molecule has 98 valence electrons. The highest BCUT2D eigenvalue weighted by atomic mass is 16.5. The third kappa shape index (κ3) is 3.76. The molecule has 3 nitrogen and oxygen atoms in total. The maximum absolute atomic E-state index is 11.7. The molecule has 1 saturated carbocycles. The number of ether oxygens (including phenoxy) is 1. The SMILES string of the molecule is Cc1ccc(OCC(=O)NC2CCC(C)C2)cc1. The van der Waals surface area contributed by atoms with Gasteiger partial charge in [-0.3, -0.25) is 4.79 Å². The standard InChI is InChI=1S/C15H21NO2/c1-11-4-7-14(8-5-11)18-10-15(17)16-13-6-3-12(2)9-13/h4-5,7-8,12-13H,3,6,9-10H2,1-2H3,(H,16,17). The van der Waals surface area contributed by atoms with Crippen molar-refractivity contribution in [2.24, 2.45) is 5.92 Å². The quantitative estimate of drug-likeness (QED) is 0.888. The Morgan fingerprint density at radius 3 is 2.67 bits per heavy atom. The van der Waals surface area contributed by atoms with Crippen LogP contribution in [0, 0.1) is 12.8 Å². The lowest BCUT2D eigenvalue weighted by Crippen LogP contribution is -2.36. The summed E-state index contributed by atoms with van der Waals surface area (Å²) in [5.41, 5.74) is 1.19. The van der Waals surface area contributed by atoms with Gasteiger partial charge in [-0.1, -0.05) is 24.6 Å². The van der Waals surface area contributed by atoms with Gasteiger partial charge in [0.05, 0.1) is 0 Å². The van der Waals surface area contributed by atoms with Crippen LogP contribution in [0.25, 0.3) is 0 Å². The number of carbonyl (C=O) groups excluding carboxylic acids is 1. The molecule has 2 unspecified atom stereocenters. The highest BCUT2D eigenvalue weighted by molar-refractivity contribution is 5.77. The van der Waals surface area contributed by atoms with E-state index in [0.717, 1.165) is 24.5 Å². The van der Waals surface area contributed by atoms with Crippen molar-refractivity contribution < 1.29 is 9.53 Å². The van der Waals surface area contributed by atoms with Gasteiger partial charge in [-0.05, 0) is 44.2 Å². The van der Waals surface area contributed by atoms with Gasteiger partial charge in [-0.2, -0.15) is 0 Å². The van der Waals surface area contributed by atoms with Crippen molar-refractivity contribution in [2.45, 2.75) is 39.2 Å². The lowest BCUT2D eigenvalue weighted by molar-refractivity contribution is -0.123. The molecule has 1 fully saturated rings. The topological polar surface area (TPSA) is 38.3 Å². The second-order valence-corrected chi connectivity index (χ2v) is 5.28. The van der Waals surface area contributed by atoms with Gasteiger partial charge in [0.15, 0.2) is 6.61 Å². The van der Waals surface area contributed by atoms with E-state index in [4.69, 9.17) is 4.74 Å². The van der Waals surface area contributed by atoms with Gasteiger partial charge >= 0.3 is 0 Å². The minimum Gasteiger partial charge on any atom is -0.484 e. The lowest BCUT2D eigenvalue weighted by atomic mass is 10.1. The number of hydrogen-bond donors (Lipinski definition) is 1. The van der Waals surface area contributed by atoms with Crippen LogP contribution in [0.2, 0.25) is 0 Å². The molecule has 1 aliphatic rings. The highest BCUT2D eigenvalue weighted by Crippen LogP contribution is 2.24. The number of carbonyl (C=O) groups is 1. The molecule has 0 aromatic heterocycles. The zero-order chi connectivity index (χ0) is 13.0. The minimum atomic E-state index is -0.0188. The fourth-order valence-corrected chi connectivity index (χ4v) is 2.39. The Kier molecular flexibility index (Phi) is 4.24. The number of amides is 1. The number of rotatable bonds is 4. The molecule has 0 spiro atoms. The fourth-order valence-electron chi connectivity index (χ4n) is 2.39. The van der Waals surface area contributed by atoms with E-state index in [1.807, 2.05) is 31.2 Å². The summed E-state index contributed by atoms with van der Waals surface area (Å²) in [5, 5.41) is 3.03. The van der Waals surface area contributed by atoms with Crippen molar-refractivity contribution in [1.82, 2.24) is 5.32 Å². The molecule has 1 aromatic rings. The number of nitrogens with one attached hydrogen (secondary N) is 1. The predicted octanol–water partition coefficient (Wildman–Crippen LogP) is 2.68. The van der Waals surface area contributed by atoms with Gasteiger partial charge < -0.3 is 10.1 Å². The Labute approximate surface area is 109 Å². The first-order chi connectivity index (χ1) is 8.63. The van der Waals surface area contributed by atoms with Crippen LogP contribution in [0.5, 0.6) is 5.75 Å². The van der Waals surface area contributed by atoms with Crippen LogP contribution in [0.1, 0.15) is 31.7 Å². The first-order valence-electron chi connectivity index (χ1n) is 6.62. The molecule has 2 rings (SSSR count). The van der Waals surface area contributed by atoms with Crippen molar-refractivity contribution in [3.05, 3.63) is 29.8 Å². The molecule has 18 heavy (non-hydrogen) atoms. The van der Waals surface area contributed by atoms with Crippen molar-refractivity contribution in [1.29, 1.82) is 0 Å². The summed E-state index contributed by atoms with van der Waals surface area (Å²) in [6, 6.07) is 8.08. The summed E-state index contributed by atoms with van der Waals surface area (Å²) in [4.78, 5) is 11.7. The largest absolute Gasteiger partial charge is 0.484 e. The van der Waals surface area contributed by atoms with Crippen LogP contribution >= 0.6 is 0 Å². The van der Waals surface area contributed by atoms with Gasteiger partial charge in [0.25, 0.3) is 5.91 Å². The Morgan fingerprint density at radius 2 is 2.06 bits per heavy atom. The van der Waals surface area contributed by atoms with Gasteiger partial charge in [-0.25, -0.2) is 0 Å². The van der Waals surface area contributed by atoms with Gasteiger partial charge in [0.1, 0.15) is 5.75 Å². The minimum absolute atomic E-state index is 0.0188. The van der Waals surface area contributed by atoms with Gasteiger partial charge in [-0.15, -0.1) is 0 Å². The maximum Gasteiger partial charge on any atom is 0.258 e. The van der Waals surface area contributed by atoms with Crippen molar-refractivity contribution in [3.63, 3.8) is 0 Å². The average Bonchev–Trinajstić information content (AvgIpc) is 2.74. The molecule has 0 heterocycles. The summed E-state index contributed by atoms with van der Waals surface area (Å²) in [7, 11) is 0. The van der Waals surface area contributed by atoms with Crippen LogP contribution in [0.15, 0.2) is 24.3 Å². The monoisotopic (exact) mass is 247 g/mol. The molecule has 0 aliphatic heterocycles. The Balaban J connectivity index is 1.73. The van der Waals surface area contributed by atoms with Crippen LogP contribution in [-0.4, -0.2) is 18.6 Å². The number of benzene rings is 1. The Bertz CT molecular complexity index is 399. The third-order valence-electron chi connectivity index (χ3n) is 3.45. The van der Waals surface area contributed by atoms with E-state index in [2.05, 4.69) is 12.2 Å². The van der Waals surface area contributed by atoms with E-state index in [-0.39, 0.29) is 12.5 Å². The normalized spacial score (nSPS) is 22.8. The molecule has 2 atom stereocenters. The molecular weight excluding hydrogens is 226 g/mol. The van der Waals surface area contributed by atoms with Crippen LogP contribution in [0.3, 0.4) is 0 Å². The van der Waals surface area contributed by atoms with E-state index in [1.165, 1.54) is 12.0 Å². The second kappa shape index (κ2) is 5.89. The molecule has 0 bridgehead atoms. The maximum atomic E-state index is 11.7. The number of aryl methyl sites for hydroxylation is 1. The predicted molar refractivity (Wildman–Crippen MR) is 71.6 cm³/mol. The molecule has 1 aliphatic carbocycles. The third-order valence-corrected chi connectivity index (χ3v) is 3.45. The summed E-state index contributed by atoms with van der Waals surface area (Å²) in [5.74, 6) is 1.46. The van der Waals surface area contributed by atoms with E-state index >= 15 is 0 Å². The molecule has 1 aromatic carbocycles. The molecular formula is C15H21NO2. The second-order valence-electron chi connectivity index (χ2n) is 5.28. The summed E-state index contributed by atoms with van der Waals surface area (Å²) in [6.45, 7) is 4.36. The van der Waals surface area contributed by atoms with E-state index in [9.17, 15) is 4.79 Å². The molecule has 1 amide bonds. The summed E-state index contributed by atoms with van der Waals surface area (Å²) >= 11 is 0. The average molecular weight is 247 g/mol. The van der Waals surface area contributed by atoms with E-state index in [0.29, 0.717) is 6.04 Å². The molecule has 0 saturated heterocycles.